The molecule has 0 aliphatic rings. The lowest BCUT2D eigenvalue weighted by molar-refractivity contribution is 1.63. The van der Waals surface area contributed by atoms with E-state index in [1.807, 2.05) is 0 Å². The maximum Gasteiger partial charge on any atom is -0.00139 e. The summed E-state index contributed by atoms with van der Waals surface area (Å²) in [4.78, 5) is 0. The summed E-state index contributed by atoms with van der Waals surface area (Å²) in [6.45, 7) is 0. The summed E-state index contributed by atoms with van der Waals surface area (Å²) >= 11 is 0. The van der Waals surface area contributed by atoms with Crippen LogP contribution >= 0.6 is 0 Å². The summed E-state index contributed by atoms with van der Waals surface area (Å²) in [5, 5.41) is 18.2. The molecule has 0 saturated carbocycles. The van der Waals surface area contributed by atoms with Gasteiger partial charge in [-0.05, 0) is 110 Å². The van der Waals surface area contributed by atoms with Gasteiger partial charge in [0.15, 0.2) is 0 Å². The van der Waals surface area contributed by atoms with Crippen molar-refractivity contribution >= 4 is 75.4 Å². The second-order valence-electron chi connectivity index (χ2n) is 12.4. The van der Waals surface area contributed by atoms with Crippen LogP contribution in [0, 0.1) is 0 Å². The third-order valence-corrected chi connectivity index (χ3v) is 10.0. The van der Waals surface area contributed by atoms with Gasteiger partial charge in [-0.1, -0.05) is 158 Å². The van der Waals surface area contributed by atoms with Crippen LogP contribution in [0.15, 0.2) is 170 Å². The molecule has 0 spiro atoms. The maximum absolute atomic E-state index is 2.43. The van der Waals surface area contributed by atoms with Crippen LogP contribution in [0.4, 0.5) is 0 Å². The van der Waals surface area contributed by atoms with Crippen molar-refractivity contribution in [2.45, 2.75) is 0 Å². The number of hydrogen-bond acceptors (Lipinski definition) is 0. The lowest BCUT2D eigenvalue weighted by Gasteiger charge is -2.18. The fraction of sp³-hybridized carbons (Fsp3) is 0. The van der Waals surface area contributed by atoms with Gasteiger partial charge in [0.2, 0.25) is 0 Å². The first-order valence-corrected chi connectivity index (χ1v) is 16.0. The Morgan fingerprint density at radius 1 is 0.217 bits per heavy atom. The third kappa shape index (κ3) is 3.56. The Morgan fingerprint density at radius 2 is 0.630 bits per heavy atom. The first-order valence-electron chi connectivity index (χ1n) is 16.0. The number of hydrogen-bond donors (Lipinski definition) is 0. The smallest absolute Gasteiger partial charge is 0.00139 e. The average molecular weight is 581 g/mol. The standard InChI is InChI=1S/C46H28/c1-2-14-31-29(13-1)27-43(37-20-6-5-16-33(31)37)34-17-4-3-15-32(34)30-25-26-42-44(28-30)38-21-9-12-24-41(38)45-39-22-10-7-18-35(39)36-19-8-11-23-40(36)46(42)45/h1-28H. The molecule has 0 aliphatic heterocycles. The SMILES string of the molecule is c1ccc(-c2cc3ccccc3c3ccccc23)c(-c2ccc3c(c2)c2ccccc2c2c4ccccc4c4ccccc4c32)c1. The van der Waals surface area contributed by atoms with Gasteiger partial charge in [0.05, 0.1) is 0 Å². The average Bonchev–Trinajstić information content (AvgIpc) is 3.14. The van der Waals surface area contributed by atoms with Crippen molar-refractivity contribution in [2.24, 2.45) is 0 Å². The van der Waals surface area contributed by atoms with Gasteiger partial charge < -0.3 is 0 Å². The Labute approximate surface area is 266 Å². The van der Waals surface area contributed by atoms with Gasteiger partial charge in [-0.25, -0.2) is 0 Å². The Balaban J connectivity index is 1.32. The molecule has 0 radical (unpaired) electrons. The Kier molecular flexibility index (Phi) is 5.38. The number of benzene rings is 10. The van der Waals surface area contributed by atoms with Crippen LogP contribution in [0.25, 0.3) is 97.7 Å². The van der Waals surface area contributed by atoms with E-state index < -0.39 is 0 Å². The molecule has 0 N–H and O–H groups in total. The topological polar surface area (TPSA) is 0 Å². The molecule has 0 heteroatoms. The summed E-state index contributed by atoms with van der Waals surface area (Å²) in [6, 6.07) is 62.8. The van der Waals surface area contributed by atoms with Gasteiger partial charge in [-0.15, -0.1) is 0 Å². The minimum atomic E-state index is 1.23. The lowest BCUT2D eigenvalue weighted by Crippen LogP contribution is -1.90. The highest BCUT2D eigenvalue weighted by molar-refractivity contribution is 6.39. The van der Waals surface area contributed by atoms with E-state index in [0.29, 0.717) is 0 Å². The fourth-order valence-electron chi connectivity index (χ4n) is 8.04. The Hall–Kier alpha value is -5.98. The molecule has 212 valence electrons. The number of rotatable bonds is 2. The van der Waals surface area contributed by atoms with Gasteiger partial charge in [-0.3, -0.25) is 0 Å². The second-order valence-corrected chi connectivity index (χ2v) is 12.4. The molecule has 0 aliphatic carbocycles. The van der Waals surface area contributed by atoms with Crippen LogP contribution < -0.4 is 0 Å². The van der Waals surface area contributed by atoms with Crippen molar-refractivity contribution in [3.63, 3.8) is 0 Å². The molecular weight excluding hydrogens is 553 g/mol. The van der Waals surface area contributed by atoms with Crippen molar-refractivity contribution in [1.82, 2.24) is 0 Å². The molecule has 0 fully saturated rings. The van der Waals surface area contributed by atoms with Crippen molar-refractivity contribution in [1.29, 1.82) is 0 Å². The normalized spacial score (nSPS) is 11.9. The predicted octanol–water partition coefficient (Wildman–Crippen LogP) is 13.1. The third-order valence-electron chi connectivity index (χ3n) is 10.0. The zero-order chi connectivity index (χ0) is 30.2. The van der Waals surface area contributed by atoms with E-state index in [1.54, 1.807) is 0 Å². The van der Waals surface area contributed by atoms with Gasteiger partial charge in [0.25, 0.3) is 0 Å². The second kappa shape index (κ2) is 9.76. The molecule has 0 atom stereocenters. The molecule has 10 aromatic rings. The molecule has 0 bridgehead atoms. The van der Waals surface area contributed by atoms with Crippen LogP contribution in [0.2, 0.25) is 0 Å². The molecule has 10 aromatic carbocycles. The van der Waals surface area contributed by atoms with Gasteiger partial charge in [0, 0.05) is 0 Å². The predicted molar refractivity (Wildman–Crippen MR) is 200 cm³/mol. The van der Waals surface area contributed by atoms with Crippen LogP contribution in [0.1, 0.15) is 0 Å². The molecular formula is C46H28. The van der Waals surface area contributed by atoms with E-state index in [0.717, 1.165) is 0 Å². The summed E-state index contributed by atoms with van der Waals surface area (Å²) in [6.07, 6.45) is 0. The van der Waals surface area contributed by atoms with Crippen molar-refractivity contribution < 1.29 is 0 Å². The van der Waals surface area contributed by atoms with Crippen molar-refractivity contribution in [3.8, 4) is 22.3 Å². The monoisotopic (exact) mass is 580 g/mol. The van der Waals surface area contributed by atoms with Gasteiger partial charge >= 0.3 is 0 Å². The fourth-order valence-corrected chi connectivity index (χ4v) is 8.04. The zero-order valence-corrected chi connectivity index (χ0v) is 25.2. The van der Waals surface area contributed by atoms with Crippen LogP contribution in [0.5, 0.6) is 0 Å². The minimum Gasteiger partial charge on any atom is -0.0616 e. The molecule has 0 saturated heterocycles. The summed E-state index contributed by atoms with van der Waals surface area (Å²) in [5.74, 6) is 0. The molecule has 0 nitrogen and oxygen atoms in total. The van der Waals surface area contributed by atoms with Crippen LogP contribution in [0.3, 0.4) is 0 Å². The van der Waals surface area contributed by atoms with E-state index in [1.165, 1.54) is 97.7 Å². The molecule has 10 rings (SSSR count). The van der Waals surface area contributed by atoms with Crippen molar-refractivity contribution in [3.05, 3.63) is 170 Å². The number of fused-ring (bicyclic) bond motifs is 14. The van der Waals surface area contributed by atoms with Crippen LogP contribution in [-0.2, 0) is 0 Å². The zero-order valence-electron chi connectivity index (χ0n) is 25.2. The van der Waals surface area contributed by atoms with E-state index in [2.05, 4.69) is 170 Å². The van der Waals surface area contributed by atoms with E-state index in [9.17, 15) is 0 Å². The summed E-state index contributed by atoms with van der Waals surface area (Å²) in [7, 11) is 0. The molecule has 0 heterocycles. The molecule has 0 unspecified atom stereocenters. The highest BCUT2D eigenvalue weighted by Gasteiger charge is 2.18. The highest BCUT2D eigenvalue weighted by atomic mass is 14.2. The van der Waals surface area contributed by atoms with E-state index in [-0.39, 0.29) is 0 Å². The first kappa shape index (κ1) is 25.4. The Morgan fingerprint density at radius 3 is 1.24 bits per heavy atom. The highest BCUT2D eigenvalue weighted by Crippen LogP contribution is 2.46. The van der Waals surface area contributed by atoms with Crippen molar-refractivity contribution in [2.75, 3.05) is 0 Å². The maximum atomic E-state index is 2.43. The quantitative estimate of drug-likeness (QED) is 0.178. The van der Waals surface area contributed by atoms with E-state index in [4.69, 9.17) is 0 Å². The summed E-state index contributed by atoms with van der Waals surface area (Å²) < 4.78 is 0. The van der Waals surface area contributed by atoms with Gasteiger partial charge in [0.1, 0.15) is 0 Å². The molecule has 0 amide bonds. The largest absolute Gasteiger partial charge is 0.0616 e. The van der Waals surface area contributed by atoms with E-state index >= 15 is 0 Å². The minimum absolute atomic E-state index is 1.23. The lowest BCUT2D eigenvalue weighted by atomic mass is 9.85. The van der Waals surface area contributed by atoms with Crippen LogP contribution in [-0.4, -0.2) is 0 Å². The molecule has 0 aromatic heterocycles. The first-order chi connectivity index (χ1) is 22.8. The van der Waals surface area contributed by atoms with Gasteiger partial charge in [-0.2, -0.15) is 0 Å². The molecule has 46 heavy (non-hydrogen) atoms. The Bertz CT molecular complexity index is 2850. The summed E-state index contributed by atoms with van der Waals surface area (Å²) in [5.41, 5.74) is 5.00.